The number of benzene rings is 1. The van der Waals surface area contributed by atoms with Crippen LogP contribution in [0.3, 0.4) is 0 Å². The van der Waals surface area contributed by atoms with Crippen molar-refractivity contribution in [2.45, 2.75) is 44.2 Å². The highest BCUT2D eigenvalue weighted by Crippen LogP contribution is 2.49. The van der Waals surface area contributed by atoms with Crippen molar-refractivity contribution in [2.24, 2.45) is 0 Å². The lowest BCUT2D eigenvalue weighted by atomic mass is 9.74. The van der Waals surface area contributed by atoms with E-state index < -0.39 is 11.1 Å². The first-order valence-corrected chi connectivity index (χ1v) is 5.82. The molecule has 2 rings (SSSR count). The molecule has 0 bridgehead atoms. The zero-order valence-electron chi connectivity index (χ0n) is 10.1. The molecule has 1 saturated carbocycles. The van der Waals surface area contributed by atoms with E-state index in [1.165, 1.54) is 19.1 Å². The molecule has 3 heteroatoms. The number of carbonyl (C=O) groups excluding carboxylic acids is 1. The Bertz CT molecular complexity index is 434. The minimum absolute atomic E-state index is 0.0759. The van der Waals surface area contributed by atoms with Gasteiger partial charge in [0.1, 0.15) is 17.3 Å². The summed E-state index contributed by atoms with van der Waals surface area (Å²) in [6.45, 7) is 3.21. The summed E-state index contributed by atoms with van der Waals surface area (Å²) in [4.78, 5) is 11.8. The Morgan fingerprint density at radius 1 is 1.35 bits per heavy atom. The van der Waals surface area contributed by atoms with Crippen molar-refractivity contribution in [2.75, 3.05) is 0 Å². The molecule has 1 aromatic carbocycles. The van der Waals surface area contributed by atoms with Crippen molar-refractivity contribution in [3.8, 4) is 0 Å². The molecule has 17 heavy (non-hydrogen) atoms. The van der Waals surface area contributed by atoms with Gasteiger partial charge in [-0.3, -0.25) is 4.79 Å². The maximum atomic E-state index is 13.9. The van der Waals surface area contributed by atoms with E-state index in [-0.39, 0.29) is 18.0 Å². The molecule has 1 aliphatic rings. The van der Waals surface area contributed by atoms with Gasteiger partial charge in [-0.2, -0.15) is 0 Å². The molecule has 0 spiro atoms. The lowest BCUT2D eigenvalue weighted by molar-refractivity contribution is -0.122. The number of hydrogen-bond donors (Lipinski definition) is 0. The molecule has 1 nitrogen and oxygen atoms in total. The summed E-state index contributed by atoms with van der Waals surface area (Å²) in [6, 6.07) is 5.77. The van der Waals surface area contributed by atoms with Crippen molar-refractivity contribution in [1.29, 1.82) is 0 Å². The first kappa shape index (κ1) is 12.2. The first-order valence-electron chi connectivity index (χ1n) is 5.82. The number of alkyl halides is 1. The average molecular weight is 238 g/mol. The maximum Gasteiger partial charge on any atom is 0.140 e. The van der Waals surface area contributed by atoms with Gasteiger partial charge in [-0.05, 0) is 50.8 Å². The lowest BCUT2D eigenvalue weighted by Crippen LogP contribution is -2.34. The van der Waals surface area contributed by atoms with Crippen molar-refractivity contribution in [3.63, 3.8) is 0 Å². The molecule has 0 saturated heterocycles. The zero-order chi connectivity index (χ0) is 12.7. The van der Waals surface area contributed by atoms with Crippen LogP contribution in [-0.4, -0.2) is 11.5 Å². The summed E-state index contributed by atoms with van der Waals surface area (Å²) in [5, 5.41) is 0. The Balaban J connectivity index is 2.33. The minimum atomic E-state index is -1.20. The highest BCUT2D eigenvalue weighted by Gasteiger charge is 2.50. The van der Waals surface area contributed by atoms with Crippen LogP contribution in [0.1, 0.15) is 38.7 Å². The van der Waals surface area contributed by atoms with Crippen LogP contribution in [0.2, 0.25) is 0 Å². The predicted octanol–water partition coefficient (Wildman–Crippen LogP) is 3.56. The molecule has 0 N–H and O–H groups in total. The Kier molecular flexibility index (Phi) is 2.80. The molecule has 1 atom stereocenters. The SMILES string of the molecule is CC(=O)C(C)(CC1(F)CC1)c1ccc(F)cc1. The summed E-state index contributed by atoms with van der Waals surface area (Å²) < 4.78 is 26.8. The van der Waals surface area contributed by atoms with Crippen molar-refractivity contribution in [1.82, 2.24) is 0 Å². The molecule has 0 amide bonds. The number of carbonyl (C=O) groups is 1. The van der Waals surface area contributed by atoms with Gasteiger partial charge >= 0.3 is 0 Å². The van der Waals surface area contributed by atoms with Gasteiger partial charge in [-0.25, -0.2) is 8.78 Å². The number of hydrogen-bond acceptors (Lipinski definition) is 1. The Morgan fingerprint density at radius 2 is 1.88 bits per heavy atom. The Morgan fingerprint density at radius 3 is 2.29 bits per heavy atom. The van der Waals surface area contributed by atoms with E-state index in [2.05, 4.69) is 0 Å². The van der Waals surface area contributed by atoms with E-state index in [9.17, 15) is 13.6 Å². The van der Waals surface area contributed by atoms with E-state index >= 15 is 0 Å². The molecule has 0 aromatic heterocycles. The van der Waals surface area contributed by atoms with Crippen molar-refractivity contribution >= 4 is 5.78 Å². The third kappa shape index (κ3) is 2.38. The molecular formula is C14H16F2O. The van der Waals surface area contributed by atoms with Crippen LogP contribution >= 0.6 is 0 Å². The molecular weight excluding hydrogens is 222 g/mol. The molecule has 0 aliphatic heterocycles. The van der Waals surface area contributed by atoms with Crippen LogP contribution in [0.15, 0.2) is 24.3 Å². The third-order valence-corrected chi connectivity index (χ3v) is 3.72. The van der Waals surface area contributed by atoms with Gasteiger partial charge in [-0.15, -0.1) is 0 Å². The quantitative estimate of drug-likeness (QED) is 0.783. The van der Waals surface area contributed by atoms with Gasteiger partial charge in [0.2, 0.25) is 0 Å². The summed E-state index contributed by atoms with van der Waals surface area (Å²) in [7, 11) is 0. The monoisotopic (exact) mass is 238 g/mol. The largest absolute Gasteiger partial charge is 0.299 e. The van der Waals surface area contributed by atoms with Gasteiger partial charge in [0.25, 0.3) is 0 Å². The topological polar surface area (TPSA) is 17.1 Å². The standard InChI is InChI=1S/C14H16F2O/c1-10(17)13(2,9-14(16)7-8-14)11-3-5-12(15)6-4-11/h3-6H,7-9H2,1-2H3. The zero-order valence-corrected chi connectivity index (χ0v) is 10.1. The Hall–Kier alpha value is -1.25. The predicted molar refractivity (Wildman–Crippen MR) is 62.1 cm³/mol. The normalized spacial score (nSPS) is 20.7. The Labute approximate surface area is 99.8 Å². The fourth-order valence-electron chi connectivity index (χ4n) is 2.19. The van der Waals surface area contributed by atoms with Crippen LogP contribution < -0.4 is 0 Å². The molecule has 1 unspecified atom stereocenters. The van der Waals surface area contributed by atoms with E-state index in [4.69, 9.17) is 0 Å². The van der Waals surface area contributed by atoms with Gasteiger partial charge in [0.05, 0.1) is 5.41 Å². The van der Waals surface area contributed by atoms with E-state index in [0.717, 1.165) is 0 Å². The second-order valence-electron chi connectivity index (χ2n) is 5.22. The summed E-state index contributed by atoms with van der Waals surface area (Å²) in [5.41, 5.74) is -1.36. The average Bonchev–Trinajstić information content (AvgIpc) is 2.96. The number of rotatable bonds is 4. The lowest BCUT2D eigenvalue weighted by Gasteiger charge is -2.29. The number of Topliss-reactive ketones (excluding diaryl/α,β-unsaturated/α-hetero) is 1. The van der Waals surface area contributed by atoms with Gasteiger partial charge < -0.3 is 0 Å². The van der Waals surface area contributed by atoms with E-state index in [0.29, 0.717) is 18.4 Å². The molecule has 1 fully saturated rings. The second-order valence-corrected chi connectivity index (χ2v) is 5.22. The van der Waals surface area contributed by atoms with Crippen LogP contribution in [0.25, 0.3) is 0 Å². The van der Waals surface area contributed by atoms with Gasteiger partial charge in [0, 0.05) is 0 Å². The van der Waals surface area contributed by atoms with Gasteiger partial charge in [0.15, 0.2) is 0 Å². The summed E-state index contributed by atoms with van der Waals surface area (Å²) >= 11 is 0. The molecule has 1 aliphatic carbocycles. The number of ketones is 1. The highest BCUT2D eigenvalue weighted by atomic mass is 19.1. The molecule has 0 radical (unpaired) electrons. The van der Waals surface area contributed by atoms with E-state index in [1.807, 2.05) is 0 Å². The molecule has 1 aromatic rings. The fourth-order valence-corrected chi connectivity index (χ4v) is 2.19. The third-order valence-electron chi connectivity index (χ3n) is 3.72. The minimum Gasteiger partial charge on any atom is -0.299 e. The van der Waals surface area contributed by atoms with Crippen molar-refractivity contribution in [3.05, 3.63) is 35.6 Å². The van der Waals surface area contributed by atoms with E-state index in [1.54, 1.807) is 19.1 Å². The highest BCUT2D eigenvalue weighted by molar-refractivity contribution is 5.87. The smallest absolute Gasteiger partial charge is 0.140 e. The van der Waals surface area contributed by atoms with Gasteiger partial charge in [-0.1, -0.05) is 12.1 Å². The van der Waals surface area contributed by atoms with Crippen molar-refractivity contribution < 1.29 is 13.6 Å². The molecule has 92 valence electrons. The van der Waals surface area contributed by atoms with Crippen LogP contribution in [0.5, 0.6) is 0 Å². The van der Waals surface area contributed by atoms with Crippen LogP contribution in [0.4, 0.5) is 8.78 Å². The summed E-state index contributed by atoms with van der Waals surface area (Å²) in [5.74, 6) is -0.422. The van der Waals surface area contributed by atoms with Crippen LogP contribution in [-0.2, 0) is 10.2 Å². The first-order chi connectivity index (χ1) is 7.86. The maximum absolute atomic E-state index is 13.9. The fraction of sp³-hybridized carbons (Fsp3) is 0.500. The van der Waals surface area contributed by atoms with Crippen LogP contribution in [0, 0.1) is 5.82 Å². The second kappa shape index (κ2) is 3.90. The summed E-state index contributed by atoms with van der Waals surface area (Å²) in [6.07, 6.45) is 1.25. The number of halogens is 2. The molecule has 0 heterocycles.